The molecule has 1 aromatic rings. The minimum Gasteiger partial charge on any atom is -0.331 e. The van der Waals surface area contributed by atoms with Crippen molar-refractivity contribution in [2.75, 3.05) is 14.1 Å². The van der Waals surface area contributed by atoms with Gasteiger partial charge < -0.3 is 16.0 Å². The molecule has 2 rings (SSSR count). The van der Waals surface area contributed by atoms with Gasteiger partial charge in [0.2, 0.25) is 0 Å². The number of nitrogens with one attached hydrogen (secondary N) is 1. The molecule has 7 heteroatoms. The van der Waals surface area contributed by atoms with Crippen LogP contribution >= 0.6 is 0 Å². The molecule has 7 nitrogen and oxygen atoms in total. The summed E-state index contributed by atoms with van der Waals surface area (Å²) in [6.07, 6.45) is 10.7. The Morgan fingerprint density at radius 2 is 2.12 bits per heavy atom. The van der Waals surface area contributed by atoms with Crippen LogP contribution in [0.15, 0.2) is 6.20 Å². The van der Waals surface area contributed by atoms with Crippen molar-refractivity contribution < 1.29 is 4.79 Å². The molecule has 0 bridgehead atoms. The lowest BCUT2D eigenvalue weighted by Gasteiger charge is -2.39. The molecule has 1 aliphatic rings. The lowest BCUT2D eigenvalue weighted by atomic mass is 9.74. The van der Waals surface area contributed by atoms with Gasteiger partial charge in [0.25, 0.3) is 0 Å². The van der Waals surface area contributed by atoms with E-state index in [4.69, 9.17) is 5.73 Å². The van der Waals surface area contributed by atoms with E-state index < -0.39 is 5.54 Å². The van der Waals surface area contributed by atoms with Gasteiger partial charge in [-0.2, -0.15) is 0 Å². The zero-order chi connectivity index (χ0) is 18.4. The molecule has 0 spiro atoms. The molecule has 1 saturated carbocycles. The summed E-state index contributed by atoms with van der Waals surface area (Å²) in [4.78, 5) is 14.0. The normalized spacial score (nSPS) is 19.2. The molecule has 2 amide bonds. The predicted molar refractivity (Wildman–Crippen MR) is 98.9 cm³/mol. The number of unbranched alkanes of at least 4 members (excludes halogenated alkanes) is 1. The van der Waals surface area contributed by atoms with Gasteiger partial charge in [0, 0.05) is 14.1 Å². The number of carbonyl (C=O) groups excluding carboxylic acids is 1. The van der Waals surface area contributed by atoms with Crippen LogP contribution in [0, 0.1) is 5.92 Å². The number of hydrogen-bond acceptors (Lipinski definition) is 4. The highest BCUT2D eigenvalue weighted by Crippen LogP contribution is 2.38. The molecule has 2 atom stereocenters. The smallest absolute Gasteiger partial charge is 0.317 e. The Morgan fingerprint density at radius 3 is 2.72 bits per heavy atom. The van der Waals surface area contributed by atoms with Crippen molar-refractivity contribution in [1.29, 1.82) is 0 Å². The van der Waals surface area contributed by atoms with Gasteiger partial charge in [0.15, 0.2) is 0 Å². The standard InChI is InChI=1S/C18H34N6O/c1-5-6-12-16(19)24-13-15(21-22-24)18(2,20-17(25)23(3)4)14-10-8-7-9-11-14/h13-14,16H,5-12,19H2,1-4H3,(H,20,25)/t16-,18-/m0/s1. The van der Waals surface area contributed by atoms with Crippen LogP contribution in [0.3, 0.4) is 0 Å². The molecule has 0 aliphatic heterocycles. The Bertz CT molecular complexity index is 552. The third-order valence-corrected chi connectivity index (χ3v) is 5.43. The topological polar surface area (TPSA) is 89.1 Å². The first-order valence-electron chi connectivity index (χ1n) is 9.55. The van der Waals surface area contributed by atoms with Crippen molar-refractivity contribution in [3.05, 3.63) is 11.9 Å². The van der Waals surface area contributed by atoms with Gasteiger partial charge in [-0.1, -0.05) is 44.2 Å². The molecule has 1 aliphatic carbocycles. The predicted octanol–water partition coefficient (Wildman–Crippen LogP) is 2.99. The number of carbonyl (C=O) groups is 1. The highest BCUT2D eigenvalue weighted by atomic mass is 16.2. The second-order valence-corrected chi connectivity index (χ2v) is 7.66. The lowest BCUT2D eigenvalue weighted by Crippen LogP contribution is -2.52. The van der Waals surface area contributed by atoms with Gasteiger partial charge in [-0.25, -0.2) is 9.48 Å². The highest BCUT2D eigenvalue weighted by molar-refractivity contribution is 5.74. The Labute approximate surface area is 151 Å². The van der Waals surface area contributed by atoms with Crippen molar-refractivity contribution in [2.45, 2.75) is 76.9 Å². The average molecular weight is 351 g/mol. The first-order chi connectivity index (χ1) is 11.9. The zero-order valence-corrected chi connectivity index (χ0v) is 16.2. The van der Waals surface area contributed by atoms with E-state index in [9.17, 15) is 4.79 Å². The minimum absolute atomic E-state index is 0.0992. The highest BCUT2D eigenvalue weighted by Gasteiger charge is 2.40. The number of urea groups is 1. The SMILES string of the molecule is CCCC[C@@H](N)n1cc([C@@](C)(NC(=O)N(C)C)C2CCCCC2)nn1. The van der Waals surface area contributed by atoms with E-state index >= 15 is 0 Å². The van der Waals surface area contributed by atoms with Gasteiger partial charge in [-0.05, 0) is 32.1 Å². The Kier molecular flexibility index (Phi) is 6.81. The summed E-state index contributed by atoms with van der Waals surface area (Å²) < 4.78 is 1.74. The third-order valence-electron chi connectivity index (χ3n) is 5.43. The molecule has 0 unspecified atom stereocenters. The van der Waals surface area contributed by atoms with Crippen LogP contribution in [0.25, 0.3) is 0 Å². The second-order valence-electron chi connectivity index (χ2n) is 7.66. The quantitative estimate of drug-likeness (QED) is 0.791. The summed E-state index contributed by atoms with van der Waals surface area (Å²) in [5, 5.41) is 11.9. The fourth-order valence-corrected chi connectivity index (χ4v) is 3.61. The summed E-state index contributed by atoms with van der Waals surface area (Å²) in [7, 11) is 3.52. The third kappa shape index (κ3) is 4.71. The number of nitrogens with zero attached hydrogens (tertiary/aromatic N) is 4. The van der Waals surface area contributed by atoms with Crippen LogP contribution < -0.4 is 11.1 Å². The van der Waals surface area contributed by atoms with Crippen LogP contribution in [0.2, 0.25) is 0 Å². The fraction of sp³-hybridized carbons (Fsp3) is 0.833. The molecule has 3 N–H and O–H groups in total. The summed E-state index contributed by atoms with van der Waals surface area (Å²) in [6, 6.07) is -0.0992. The fourth-order valence-electron chi connectivity index (χ4n) is 3.61. The molecule has 1 heterocycles. The maximum Gasteiger partial charge on any atom is 0.317 e. The van der Waals surface area contributed by atoms with E-state index in [0.29, 0.717) is 5.92 Å². The molecule has 0 saturated heterocycles. The Hall–Kier alpha value is -1.63. The maximum absolute atomic E-state index is 12.4. The van der Waals surface area contributed by atoms with Crippen molar-refractivity contribution in [2.24, 2.45) is 11.7 Å². The van der Waals surface area contributed by atoms with Crippen LogP contribution in [-0.4, -0.2) is 40.0 Å². The van der Waals surface area contributed by atoms with Crippen LogP contribution in [0.4, 0.5) is 4.79 Å². The molecular weight excluding hydrogens is 316 g/mol. The second kappa shape index (κ2) is 8.65. The van der Waals surface area contributed by atoms with Crippen molar-refractivity contribution in [3.63, 3.8) is 0 Å². The molecule has 142 valence electrons. The van der Waals surface area contributed by atoms with E-state index in [1.165, 1.54) is 19.3 Å². The minimum atomic E-state index is -0.523. The number of hydrogen-bond donors (Lipinski definition) is 2. The Morgan fingerprint density at radius 1 is 1.44 bits per heavy atom. The Balaban J connectivity index is 2.25. The van der Waals surface area contributed by atoms with Crippen LogP contribution in [-0.2, 0) is 5.54 Å². The molecule has 0 aromatic carbocycles. The van der Waals surface area contributed by atoms with E-state index in [-0.39, 0.29) is 12.2 Å². The van der Waals surface area contributed by atoms with Gasteiger partial charge >= 0.3 is 6.03 Å². The monoisotopic (exact) mass is 350 g/mol. The summed E-state index contributed by atoms with van der Waals surface area (Å²) in [5.41, 5.74) is 6.51. The number of nitrogens with two attached hydrogens (primary N) is 1. The van der Waals surface area contributed by atoms with Crippen molar-refractivity contribution in [1.82, 2.24) is 25.2 Å². The van der Waals surface area contributed by atoms with E-state index in [1.54, 1.807) is 23.7 Å². The van der Waals surface area contributed by atoms with Gasteiger partial charge in [-0.3, -0.25) is 0 Å². The number of aromatic nitrogens is 3. The first kappa shape index (κ1) is 19.7. The van der Waals surface area contributed by atoms with E-state index in [0.717, 1.165) is 37.8 Å². The number of rotatable bonds is 7. The van der Waals surface area contributed by atoms with Crippen LogP contribution in [0.5, 0.6) is 0 Å². The molecule has 1 fully saturated rings. The molecule has 25 heavy (non-hydrogen) atoms. The van der Waals surface area contributed by atoms with Crippen molar-refractivity contribution in [3.8, 4) is 0 Å². The first-order valence-corrected chi connectivity index (χ1v) is 9.55. The van der Waals surface area contributed by atoms with Gasteiger partial charge in [0.1, 0.15) is 11.9 Å². The molecule has 0 radical (unpaired) electrons. The summed E-state index contributed by atoms with van der Waals surface area (Å²) >= 11 is 0. The summed E-state index contributed by atoms with van der Waals surface area (Å²) in [5.74, 6) is 0.363. The lowest BCUT2D eigenvalue weighted by molar-refractivity contribution is 0.156. The van der Waals surface area contributed by atoms with E-state index in [1.807, 2.05) is 6.20 Å². The molecular formula is C18H34N6O. The van der Waals surface area contributed by atoms with Crippen LogP contribution in [0.1, 0.15) is 77.1 Å². The van der Waals surface area contributed by atoms with Gasteiger partial charge in [0.05, 0.1) is 11.7 Å². The number of amides is 2. The van der Waals surface area contributed by atoms with E-state index in [2.05, 4.69) is 29.5 Å². The maximum atomic E-state index is 12.4. The zero-order valence-electron chi connectivity index (χ0n) is 16.2. The van der Waals surface area contributed by atoms with Gasteiger partial charge in [-0.15, -0.1) is 5.10 Å². The van der Waals surface area contributed by atoms with Crippen molar-refractivity contribution >= 4 is 6.03 Å². The molecule has 1 aromatic heterocycles. The largest absolute Gasteiger partial charge is 0.331 e. The average Bonchev–Trinajstić information content (AvgIpc) is 3.11. The summed E-state index contributed by atoms with van der Waals surface area (Å²) in [6.45, 7) is 4.23.